The van der Waals surface area contributed by atoms with Gasteiger partial charge in [-0.15, -0.1) is 0 Å². The number of benzene rings is 2. The zero-order valence-electron chi connectivity index (χ0n) is 30.3. The first-order valence-corrected chi connectivity index (χ1v) is 21.7. The van der Waals surface area contributed by atoms with Crippen molar-refractivity contribution in [3.63, 3.8) is 0 Å². The number of aliphatic hydroxyl groups is 1. The Morgan fingerprint density at radius 3 is 1.78 bits per heavy atom. The molecule has 0 amide bonds. The monoisotopic (exact) mass is 904 g/mol. The Morgan fingerprint density at radius 1 is 0.828 bits per heavy atom. The van der Waals surface area contributed by atoms with E-state index in [0.29, 0.717) is 30.0 Å². The van der Waals surface area contributed by atoms with Crippen molar-refractivity contribution in [1.82, 2.24) is 19.6 Å². The van der Waals surface area contributed by atoms with E-state index in [1.54, 1.807) is 12.3 Å². The quantitative estimate of drug-likeness (QED) is 0.0716. The molecular formula is C35H43Cl3N8O10S2. The first-order valence-electron chi connectivity index (χ1n) is 17.1. The van der Waals surface area contributed by atoms with E-state index in [4.69, 9.17) is 43.7 Å². The van der Waals surface area contributed by atoms with E-state index in [2.05, 4.69) is 25.9 Å². The molecule has 0 spiro atoms. The van der Waals surface area contributed by atoms with Crippen LogP contribution in [-0.2, 0) is 25.7 Å². The van der Waals surface area contributed by atoms with E-state index >= 15 is 0 Å². The third kappa shape index (κ3) is 13.3. The van der Waals surface area contributed by atoms with E-state index in [1.165, 1.54) is 72.2 Å². The summed E-state index contributed by atoms with van der Waals surface area (Å²) < 4.78 is 53.8. The van der Waals surface area contributed by atoms with Crippen molar-refractivity contribution < 1.29 is 36.5 Å². The number of piperidine rings is 2. The summed E-state index contributed by atoms with van der Waals surface area (Å²) in [7, 11) is -0.895. The molecule has 0 radical (unpaired) electrons. The average molecular weight is 906 g/mol. The Bertz CT molecular complexity index is 2240. The smallest absolute Gasteiger partial charge is 0.311 e. The minimum Gasteiger partial charge on any atom is -0.495 e. The summed E-state index contributed by atoms with van der Waals surface area (Å²) in [6.45, 7) is 2.21. The number of aromatic nitrogens is 2. The number of pyridine rings is 2. The van der Waals surface area contributed by atoms with E-state index in [1.807, 2.05) is 0 Å². The van der Waals surface area contributed by atoms with Crippen LogP contribution in [0, 0.1) is 20.2 Å². The molecule has 0 bridgehead atoms. The van der Waals surface area contributed by atoms with Crippen LogP contribution in [0.1, 0.15) is 38.7 Å². The lowest BCUT2D eigenvalue weighted by atomic mass is 10.1. The van der Waals surface area contributed by atoms with E-state index in [0.717, 1.165) is 25.9 Å². The molecule has 18 nitrogen and oxygen atoms in total. The molecule has 0 saturated carbocycles. The van der Waals surface area contributed by atoms with Crippen LogP contribution in [0.3, 0.4) is 0 Å². The number of aliphatic hydroxyl groups excluding tert-OH is 1. The van der Waals surface area contributed by atoms with Gasteiger partial charge in [0.05, 0.1) is 38.4 Å². The van der Waals surface area contributed by atoms with Crippen molar-refractivity contribution in [3.05, 3.63) is 109 Å². The molecular weight excluding hydrogens is 863 g/mol. The zero-order chi connectivity index (χ0) is 41.8. The van der Waals surface area contributed by atoms with Crippen molar-refractivity contribution >= 4 is 76.0 Å². The van der Waals surface area contributed by atoms with E-state index in [-0.39, 0.29) is 76.2 Å². The summed E-state index contributed by atoms with van der Waals surface area (Å²) in [5, 5.41) is 40.5. The zero-order valence-corrected chi connectivity index (χ0v) is 34.2. The third-order valence-electron chi connectivity index (χ3n) is 8.68. The van der Waals surface area contributed by atoms with Crippen LogP contribution in [-0.4, -0.2) is 91.4 Å². The largest absolute Gasteiger partial charge is 0.495 e. The van der Waals surface area contributed by atoms with Gasteiger partial charge in [0, 0.05) is 65.4 Å². The minimum absolute atomic E-state index is 0. The van der Waals surface area contributed by atoms with Gasteiger partial charge in [0.15, 0.2) is 0 Å². The minimum atomic E-state index is -3.74. The Kier molecular flexibility index (Phi) is 18.3. The van der Waals surface area contributed by atoms with Crippen LogP contribution in [0.4, 0.5) is 23.0 Å². The van der Waals surface area contributed by atoms with Gasteiger partial charge in [-0.25, -0.2) is 26.8 Å². The molecule has 2 aliphatic rings. The molecule has 23 heteroatoms. The SMILES string of the molecule is C.COc1ccc(S(=O)(=O)N2CCC(Nc3ncccc3[N+](=O)[O-])CC2)cc1Cl.O=S(=O)(Cl)c1ccc(CO)c(Cl)c1.O=[N+]([O-])c1cccnc1NC1CCNCC1. The molecule has 2 aliphatic heterocycles. The third-order valence-corrected chi connectivity index (χ3v) is 12.6. The summed E-state index contributed by atoms with van der Waals surface area (Å²) >= 11 is 11.7. The van der Waals surface area contributed by atoms with Crippen LogP contribution in [0.15, 0.2) is 82.8 Å². The van der Waals surface area contributed by atoms with Crippen LogP contribution in [0.2, 0.25) is 10.0 Å². The molecule has 2 fully saturated rings. The Labute approximate surface area is 350 Å². The maximum Gasteiger partial charge on any atom is 0.311 e. The second-order valence-corrected chi connectivity index (χ2v) is 17.7. The summed E-state index contributed by atoms with van der Waals surface area (Å²) in [4.78, 5) is 29.0. The summed E-state index contributed by atoms with van der Waals surface area (Å²) in [5.41, 5.74) is 0.400. The second kappa shape index (κ2) is 22.1. The summed E-state index contributed by atoms with van der Waals surface area (Å²) in [5.74, 6) is 0.968. The fraction of sp³-hybridized carbons (Fsp3) is 0.371. The van der Waals surface area contributed by atoms with Crippen molar-refractivity contribution in [1.29, 1.82) is 0 Å². The molecule has 4 aromatic rings. The maximum atomic E-state index is 12.9. The number of nitrogens with one attached hydrogen (secondary N) is 3. The van der Waals surface area contributed by atoms with Crippen molar-refractivity contribution in [2.75, 3.05) is 43.9 Å². The molecule has 58 heavy (non-hydrogen) atoms. The highest BCUT2D eigenvalue weighted by Crippen LogP contribution is 2.31. The van der Waals surface area contributed by atoms with Crippen molar-refractivity contribution in [3.8, 4) is 5.75 Å². The lowest BCUT2D eigenvalue weighted by Gasteiger charge is -2.31. The van der Waals surface area contributed by atoms with Gasteiger partial charge < -0.3 is 25.8 Å². The van der Waals surface area contributed by atoms with Crippen LogP contribution in [0.5, 0.6) is 5.75 Å². The highest BCUT2D eigenvalue weighted by Gasteiger charge is 2.31. The van der Waals surface area contributed by atoms with Gasteiger partial charge in [-0.2, -0.15) is 4.31 Å². The summed E-state index contributed by atoms with van der Waals surface area (Å²) in [6.07, 6.45) is 5.97. The molecule has 2 saturated heterocycles. The second-order valence-electron chi connectivity index (χ2n) is 12.4. The van der Waals surface area contributed by atoms with Crippen LogP contribution >= 0.6 is 33.9 Å². The van der Waals surface area contributed by atoms with E-state index in [9.17, 15) is 37.1 Å². The number of halogens is 3. The number of nitro groups is 2. The van der Waals surface area contributed by atoms with Gasteiger partial charge in [-0.05, 0) is 86.8 Å². The molecule has 2 aromatic carbocycles. The topological polar surface area (TPSA) is 249 Å². The first-order chi connectivity index (χ1) is 27.0. The number of nitrogens with zero attached hydrogens (tertiary/aromatic N) is 5. The van der Waals surface area contributed by atoms with E-state index < -0.39 is 28.9 Å². The molecule has 2 aromatic heterocycles. The lowest BCUT2D eigenvalue weighted by molar-refractivity contribution is -0.384. The molecule has 0 atom stereocenters. The summed E-state index contributed by atoms with van der Waals surface area (Å²) in [6, 6.07) is 14.3. The molecule has 316 valence electrons. The van der Waals surface area contributed by atoms with Crippen molar-refractivity contribution in [2.45, 2.75) is 61.6 Å². The lowest BCUT2D eigenvalue weighted by Crippen LogP contribution is -2.42. The standard InChI is InChI=1S/C17H19ClN4O5S.C10H14N4O2.C7H6Cl2O3S.CH4/c1-27-16-5-4-13(11-14(16)18)28(25,26)21-9-6-12(7-10-21)20-17-15(22(23)24)3-2-8-19-17;15-14(16)9-2-1-5-12-10(9)13-8-3-6-11-7-4-8;8-7-3-6(13(9,11)12)2-1-5(7)4-10;/h2-5,8,11-12H,6-7,9-10H2,1H3,(H,19,20);1-2,5,8,11H,3-4,6-7H2,(H,12,13);1-3,10H,4H2;1H4. The first kappa shape index (κ1) is 48.0. The number of hydrogen-bond donors (Lipinski definition) is 4. The number of hydrogen-bond acceptors (Lipinski definition) is 15. The molecule has 6 rings (SSSR count). The Balaban J connectivity index is 0.000000254. The molecule has 0 unspecified atom stereocenters. The predicted octanol–water partition coefficient (Wildman–Crippen LogP) is 6.47. The molecule has 4 N–H and O–H groups in total. The van der Waals surface area contributed by atoms with Gasteiger partial charge in [-0.3, -0.25) is 20.2 Å². The molecule has 4 heterocycles. The van der Waals surface area contributed by atoms with Crippen molar-refractivity contribution in [2.24, 2.45) is 0 Å². The van der Waals surface area contributed by atoms with Crippen LogP contribution < -0.4 is 20.7 Å². The number of methoxy groups -OCH3 is 1. The fourth-order valence-corrected chi connectivity index (χ4v) is 8.57. The Hall–Kier alpha value is -4.41. The number of anilines is 2. The normalized spacial score (nSPS) is 15.0. The molecule has 0 aliphatic carbocycles. The highest BCUT2D eigenvalue weighted by atomic mass is 35.7. The predicted molar refractivity (Wildman–Crippen MR) is 222 cm³/mol. The van der Waals surface area contributed by atoms with Gasteiger partial charge in [0.25, 0.3) is 9.05 Å². The number of ether oxygens (including phenoxy) is 1. The average Bonchev–Trinajstić information content (AvgIpc) is 3.19. The van der Waals surface area contributed by atoms with Gasteiger partial charge in [0.1, 0.15) is 5.75 Å². The number of rotatable bonds is 11. The maximum absolute atomic E-state index is 12.9. The van der Waals surface area contributed by atoms with Gasteiger partial charge >= 0.3 is 11.4 Å². The van der Waals surface area contributed by atoms with Crippen LogP contribution in [0.25, 0.3) is 0 Å². The highest BCUT2D eigenvalue weighted by molar-refractivity contribution is 8.13. The van der Waals surface area contributed by atoms with Gasteiger partial charge in [-0.1, -0.05) is 36.7 Å². The van der Waals surface area contributed by atoms with Gasteiger partial charge in [0.2, 0.25) is 21.7 Å². The Morgan fingerprint density at radius 2 is 1.33 bits per heavy atom. The number of sulfonamides is 1. The fourth-order valence-electron chi connectivity index (χ4n) is 5.67.